The monoisotopic (exact) mass is 314 g/mol. The number of morpholine rings is 1. The first-order chi connectivity index (χ1) is 11.1. The molecule has 2 atom stereocenters. The minimum Gasteiger partial charge on any atom is -0.374 e. The Balaban J connectivity index is 1.77. The Hall–Kier alpha value is -2.01. The molecule has 1 aromatic carbocycles. The van der Waals surface area contributed by atoms with E-state index in [9.17, 15) is 9.18 Å². The highest BCUT2D eigenvalue weighted by atomic mass is 19.1. The topological polar surface area (TPSA) is 42.4 Å². The maximum Gasteiger partial charge on any atom is 0.255 e. The third-order valence-electron chi connectivity index (χ3n) is 4.87. The second-order valence-electron chi connectivity index (χ2n) is 6.38. The van der Waals surface area contributed by atoms with Crippen LogP contribution in [0.5, 0.6) is 0 Å². The van der Waals surface area contributed by atoms with Gasteiger partial charge in [-0.3, -0.25) is 9.78 Å². The van der Waals surface area contributed by atoms with Crippen LogP contribution >= 0.6 is 0 Å². The third kappa shape index (κ3) is 2.49. The van der Waals surface area contributed by atoms with E-state index in [2.05, 4.69) is 4.98 Å². The number of aryl methyl sites for hydroxylation is 1. The fourth-order valence-corrected chi connectivity index (χ4v) is 3.84. The molecule has 0 N–H and O–H groups in total. The first kappa shape index (κ1) is 14.6. The molecule has 2 aliphatic rings. The Bertz CT molecular complexity index is 772. The smallest absolute Gasteiger partial charge is 0.255 e. The van der Waals surface area contributed by atoms with Crippen LogP contribution in [0.25, 0.3) is 10.9 Å². The highest BCUT2D eigenvalue weighted by Gasteiger charge is 2.39. The second kappa shape index (κ2) is 5.57. The predicted octanol–water partition coefficient (Wildman–Crippen LogP) is 3.08. The van der Waals surface area contributed by atoms with Crippen LogP contribution in [0.1, 0.15) is 35.3 Å². The van der Waals surface area contributed by atoms with Gasteiger partial charge in [-0.05, 0) is 44.4 Å². The summed E-state index contributed by atoms with van der Waals surface area (Å²) in [7, 11) is 0. The zero-order valence-electron chi connectivity index (χ0n) is 13.1. The van der Waals surface area contributed by atoms with Crippen molar-refractivity contribution in [3.63, 3.8) is 0 Å². The van der Waals surface area contributed by atoms with Crippen LogP contribution in [0.4, 0.5) is 4.39 Å². The molecule has 2 aromatic rings. The molecule has 2 fully saturated rings. The van der Waals surface area contributed by atoms with Crippen LogP contribution in [0.3, 0.4) is 0 Å². The Morgan fingerprint density at radius 1 is 1.35 bits per heavy atom. The van der Waals surface area contributed by atoms with Crippen molar-refractivity contribution in [2.24, 2.45) is 0 Å². The summed E-state index contributed by atoms with van der Waals surface area (Å²) < 4.78 is 19.3. The number of amides is 1. The van der Waals surface area contributed by atoms with Gasteiger partial charge in [0, 0.05) is 23.7 Å². The molecule has 1 aromatic heterocycles. The van der Waals surface area contributed by atoms with E-state index in [1.54, 1.807) is 6.07 Å². The van der Waals surface area contributed by atoms with Gasteiger partial charge in [-0.2, -0.15) is 0 Å². The van der Waals surface area contributed by atoms with E-state index < -0.39 is 0 Å². The highest BCUT2D eigenvalue weighted by molar-refractivity contribution is 6.06. The number of benzene rings is 1. The number of ether oxygens (including phenoxy) is 1. The standard InChI is InChI=1S/C18H19FN2O2/c1-11-9-14(13-6-5-12(19)10-15(13)20-11)18(22)21-7-8-23-17-4-2-3-16(17)21/h5-6,9-10,16-17H,2-4,7-8H2,1H3. The molecule has 120 valence electrons. The van der Waals surface area contributed by atoms with Gasteiger partial charge in [0.2, 0.25) is 0 Å². The molecule has 1 amide bonds. The summed E-state index contributed by atoms with van der Waals surface area (Å²) in [4.78, 5) is 19.4. The maximum atomic E-state index is 13.5. The number of pyridine rings is 1. The zero-order chi connectivity index (χ0) is 16.0. The van der Waals surface area contributed by atoms with Gasteiger partial charge in [0.25, 0.3) is 5.91 Å². The number of hydrogen-bond donors (Lipinski definition) is 0. The van der Waals surface area contributed by atoms with Crippen molar-refractivity contribution in [3.8, 4) is 0 Å². The lowest BCUT2D eigenvalue weighted by Gasteiger charge is -2.38. The molecule has 1 aliphatic carbocycles. The largest absolute Gasteiger partial charge is 0.374 e. The normalized spacial score (nSPS) is 24.0. The van der Waals surface area contributed by atoms with Gasteiger partial charge < -0.3 is 9.64 Å². The third-order valence-corrected chi connectivity index (χ3v) is 4.87. The first-order valence-corrected chi connectivity index (χ1v) is 8.13. The molecule has 5 heteroatoms. The second-order valence-corrected chi connectivity index (χ2v) is 6.38. The van der Waals surface area contributed by atoms with Crippen LogP contribution in [-0.2, 0) is 4.74 Å². The van der Waals surface area contributed by atoms with Gasteiger partial charge in [-0.1, -0.05) is 0 Å². The summed E-state index contributed by atoms with van der Waals surface area (Å²) in [5.41, 5.74) is 1.87. The number of halogens is 1. The number of carbonyl (C=O) groups is 1. The van der Waals surface area contributed by atoms with Crippen molar-refractivity contribution in [1.29, 1.82) is 0 Å². The molecule has 4 rings (SSSR count). The summed E-state index contributed by atoms with van der Waals surface area (Å²) in [5.74, 6) is -0.330. The lowest BCUT2D eigenvalue weighted by molar-refractivity contribution is -0.0444. The summed E-state index contributed by atoms with van der Waals surface area (Å²) >= 11 is 0. The lowest BCUT2D eigenvalue weighted by Crippen LogP contribution is -2.51. The molecular weight excluding hydrogens is 295 g/mol. The maximum absolute atomic E-state index is 13.5. The van der Waals surface area contributed by atoms with Crippen LogP contribution in [0.2, 0.25) is 0 Å². The van der Waals surface area contributed by atoms with Gasteiger partial charge in [-0.15, -0.1) is 0 Å². The molecule has 2 heterocycles. The molecule has 1 saturated carbocycles. The Labute approximate surface area is 134 Å². The number of fused-ring (bicyclic) bond motifs is 2. The van der Waals surface area contributed by atoms with E-state index in [-0.39, 0.29) is 23.9 Å². The number of nitrogens with zero attached hydrogens (tertiary/aromatic N) is 2. The number of carbonyl (C=O) groups excluding carboxylic acids is 1. The van der Waals surface area contributed by atoms with Gasteiger partial charge >= 0.3 is 0 Å². The molecule has 2 unspecified atom stereocenters. The molecule has 0 spiro atoms. The number of rotatable bonds is 1. The van der Waals surface area contributed by atoms with E-state index in [0.717, 1.165) is 25.0 Å². The first-order valence-electron chi connectivity index (χ1n) is 8.13. The van der Waals surface area contributed by atoms with Gasteiger partial charge in [-0.25, -0.2) is 4.39 Å². The van der Waals surface area contributed by atoms with Crippen molar-refractivity contribution < 1.29 is 13.9 Å². The highest BCUT2D eigenvalue weighted by Crippen LogP contribution is 2.31. The van der Waals surface area contributed by atoms with E-state index in [0.29, 0.717) is 29.6 Å². The van der Waals surface area contributed by atoms with Gasteiger partial charge in [0.1, 0.15) is 5.82 Å². The molecule has 1 saturated heterocycles. The number of aromatic nitrogens is 1. The zero-order valence-corrected chi connectivity index (χ0v) is 13.1. The van der Waals surface area contributed by atoms with Crippen LogP contribution in [0, 0.1) is 12.7 Å². The minimum atomic E-state index is -0.337. The van der Waals surface area contributed by atoms with Crippen molar-refractivity contribution in [2.45, 2.75) is 38.3 Å². The van der Waals surface area contributed by atoms with Crippen molar-refractivity contribution in [2.75, 3.05) is 13.2 Å². The fraction of sp³-hybridized carbons (Fsp3) is 0.444. The fourth-order valence-electron chi connectivity index (χ4n) is 3.84. The van der Waals surface area contributed by atoms with Gasteiger partial charge in [0.15, 0.2) is 0 Å². The minimum absolute atomic E-state index is 0.00677. The predicted molar refractivity (Wildman–Crippen MR) is 84.9 cm³/mol. The van der Waals surface area contributed by atoms with E-state index in [1.807, 2.05) is 17.9 Å². The number of hydrogen-bond acceptors (Lipinski definition) is 3. The van der Waals surface area contributed by atoms with Crippen molar-refractivity contribution >= 4 is 16.8 Å². The quantitative estimate of drug-likeness (QED) is 0.812. The molecular formula is C18H19FN2O2. The molecule has 4 nitrogen and oxygen atoms in total. The molecule has 23 heavy (non-hydrogen) atoms. The Morgan fingerprint density at radius 3 is 3.09 bits per heavy atom. The van der Waals surface area contributed by atoms with Crippen molar-refractivity contribution in [1.82, 2.24) is 9.88 Å². The van der Waals surface area contributed by atoms with Gasteiger partial charge in [0.05, 0.1) is 29.8 Å². The summed E-state index contributed by atoms with van der Waals surface area (Å²) in [6.07, 6.45) is 3.28. The Morgan fingerprint density at radius 2 is 2.22 bits per heavy atom. The Kier molecular flexibility index (Phi) is 3.53. The molecule has 1 aliphatic heterocycles. The summed E-state index contributed by atoms with van der Waals surface area (Å²) in [5, 5.41) is 0.711. The van der Waals surface area contributed by atoms with E-state index in [1.165, 1.54) is 12.1 Å². The average Bonchev–Trinajstić information content (AvgIpc) is 3.01. The SMILES string of the molecule is Cc1cc(C(=O)N2CCOC3CCCC32)c2ccc(F)cc2n1. The van der Waals surface area contributed by atoms with Crippen LogP contribution in [0.15, 0.2) is 24.3 Å². The van der Waals surface area contributed by atoms with Crippen LogP contribution in [-0.4, -0.2) is 41.1 Å². The lowest BCUT2D eigenvalue weighted by atomic mass is 10.0. The summed E-state index contributed by atoms with van der Waals surface area (Å²) in [6.45, 7) is 3.03. The van der Waals surface area contributed by atoms with Crippen LogP contribution < -0.4 is 0 Å². The summed E-state index contributed by atoms with van der Waals surface area (Å²) in [6, 6.07) is 6.39. The molecule has 0 bridgehead atoms. The molecule has 0 radical (unpaired) electrons. The average molecular weight is 314 g/mol. The van der Waals surface area contributed by atoms with Crippen molar-refractivity contribution in [3.05, 3.63) is 41.3 Å². The van der Waals surface area contributed by atoms with E-state index >= 15 is 0 Å². The van der Waals surface area contributed by atoms with E-state index in [4.69, 9.17) is 4.74 Å².